The zero-order valence-electron chi connectivity index (χ0n) is 11.0. The van der Waals surface area contributed by atoms with E-state index in [4.69, 9.17) is 4.74 Å². The number of ether oxygens (including phenoxy) is 1. The number of rotatable bonds is 6. The molecule has 17 heavy (non-hydrogen) atoms. The molecule has 3 heteroatoms. The van der Waals surface area contributed by atoms with Crippen molar-refractivity contribution in [1.29, 1.82) is 0 Å². The van der Waals surface area contributed by atoms with Crippen molar-refractivity contribution in [2.24, 2.45) is 5.92 Å². The first-order valence-corrected chi connectivity index (χ1v) is 8.40. The number of nitrogens with one attached hydrogen (secondary N) is 1. The third-order valence-electron chi connectivity index (χ3n) is 3.96. The minimum atomic E-state index is 0.861. The average molecular weight is 257 g/mol. The van der Waals surface area contributed by atoms with Crippen molar-refractivity contribution < 1.29 is 4.74 Å². The second-order valence-corrected chi connectivity index (χ2v) is 6.80. The van der Waals surface area contributed by atoms with Crippen LogP contribution in [0.15, 0.2) is 0 Å². The van der Waals surface area contributed by atoms with E-state index in [-0.39, 0.29) is 0 Å². The molecule has 1 N–H and O–H groups in total. The Morgan fingerprint density at radius 2 is 1.76 bits per heavy atom. The molecular formula is C14H27NOS. The van der Waals surface area contributed by atoms with Crippen LogP contribution in [-0.2, 0) is 4.74 Å². The second-order valence-electron chi connectivity index (χ2n) is 5.39. The molecule has 1 heterocycles. The number of hydrogen-bond acceptors (Lipinski definition) is 3. The van der Waals surface area contributed by atoms with E-state index in [1.165, 1.54) is 63.8 Å². The van der Waals surface area contributed by atoms with Crippen LogP contribution >= 0.6 is 11.8 Å². The fourth-order valence-corrected chi connectivity index (χ4v) is 3.96. The molecular weight excluding hydrogens is 230 g/mol. The first-order chi connectivity index (χ1) is 8.45. The third-order valence-corrected chi connectivity index (χ3v) is 5.34. The van der Waals surface area contributed by atoms with Crippen LogP contribution in [0.1, 0.15) is 44.9 Å². The summed E-state index contributed by atoms with van der Waals surface area (Å²) in [6.45, 7) is 4.41. The first kappa shape index (κ1) is 13.7. The Morgan fingerprint density at radius 3 is 2.53 bits per heavy atom. The molecule has 0 aromatic heterocycles. The predicted octanol–water partition coefficient (Wildman–Crippen LogP) is 3.07. The second kappa shape index (κ2) is 8.39. The highest BCUT2D eigenvalue weighted by Gasteiger charge is 2.14. The summed E-state index contributed by atoms with van der Waals surface area (Å²) in [5.41, 5.74) is 0. The largest absolute Gasteiger partial charge is 0.381 e. The molecule has 0 bridgehead atoms. The lowest BCUT2D eigenvalue weighted by atomic mass is 9.89. The van der Waals surface area contributed by atoms with Crippen molar-refractivity contribution in [3.63, 3.8) is 0 Å². The lowest BCUT2D eigenvalue weighted by Crippen LogP contribution is -2.27. The normalized spacial score (nSPS) is 24.0. The van der Waals surface area contributed by atoms with Gasteiger partial charge in [-0.2, -0.15) is 11.8 Å². The van der Waals surface area contributed by atoms with Crippen molar-refractivity contribution >= 4 is 11.8 Å². The van der Waals surface area contributed by atoms with E-state index in [1.807, 2.05) is 0 Å². The van der Waals surface area contributed by atoms with Gasteiger partial charge >= 0.3 is 0 Å². The highest BCUT2D eigenvalue weighted by Crippen LogP contribution is 2.23. The van der Waals surface area contributed by atoms with Gasteiger partial charge in [0.25, 0.3) is 0 Å². The molecule has 0 unspecified atom stereocenters. The van der Waals surface area contributed by atoms with E-state index >= 15 is 0 Å². The summed E-state index contributed by atoms with van der Waals surface area (Å²) in [6.07, 6.45) is 9.82. The maximum Gasteiger partial charge on any atom is 0.0476 e. The van der Waals surface area contributed by atoms with Crippen molar-refractivity contribution in [2.45, 2.75) is 50.2 Å². The van der Waals surface area contributed by atoms with E-state index in [9.17, 15) is 0 Å². The smallest absolute Gasteiger partial charge is 0.0476 e. The van der Waals surface area contributed by atoms with Gasteiger partial charge < -0.3 is 10.1 Å². The van der Waals surface area contributed by atoms with Crippen LogP contribution in [0.2, 0.25) is 0 Å². The van der Waals surface area contributed by atoms with Crippen LogP contribution in [0.5, 0.6) is 0 Å². The minimum Gasteiger partial charge on any atom is -0.381 e. The van der Waals surface area contributed by atoms with Gasteiger partial charge in [0.15, 0.2) is 0 Å². The summed E-state index contributed by atoms with van der Waals surface area (Å²) in [5, 5.41) is 4.50. The van der Waals surface area contributed by atoms with Crippen molar-refractivity contribution in [2.75, 3.05) is 32.1 Å². The van der Waals surface area contributed by atoms with Gasteiger partial charge in [0.2, 0.25) is 0 Å². The van der Waals surface area contributed by atoms with Crippen molar-refractivity contribution in [3.8, 4) is 0 Å². The fraction of sp³-hybridized carbons (Fsp3) is 1.00. The van der Waals surface area contributed by atoms with Crippen LogP contribution in [0.4, 0.5) is 0 Å². The Hall–Kier alpha value is 0.270. The lowest BCUT2D eigenvalue weighted by Gasteiger charge is -2.23. The zero-order valence-corrected chi connectivity index (χ0v) is 11.8. The van der Waals surface area contributed by atoms with E-state index in [0.29, 0.717) is 0 Å². The highest BCUT2D eigenvalue weighted by atomic mass is 32.2. The molecule has 0 radical (unpaired) electrons. The van der Waals surface area contributed by atoms with E-state index < -0.39 is 0 Å². The Kier molecular flexibility index (Phi) is 6.76. The minimum absolute atomic E-state index is 0.861. The highest BCUT2D eigenvalue weighted by molar-refractivity contribution is 7.99. The Balaban J connectivity index is 1.42. The predicted molar refractivity (Wildman–Crippen MR) is 75.7 cm³/mol. The number of thioether (sulfide) groups is 1. The van der Waals surface area contributed by atoms with E-state index in [1.54, 1.807) is 0 Å². The fourth-order valence-electron chi connectivity index (χ4n) is 2.84. The summed E-state index contributed by atoms with van der Waals surface area (Å²) < 4.78 is 5.38. The standard InChI is InChI=1S/C14H27NOS/c1-2-4-13(5-3-1)12-15-8-11-17-14-6-9-16-10-7-14/h13-15H,1-12H2. The summed E-state index contributed by atoms with van der Waals surface area (Å²) in [6, 6.07) is 0. The first-order valence-electron chi connectivity index (χ1n) is 7.35. The SMILES string of the molecule is C1CCC(CNCCSC2CCOCC2)CC1. The molecule has 2 fully saturated rings. The van der Waals surface area contributed by atoms with Crippen molar-refractivity contribution in [1.82, 2.24) is 5.32 Å². The van der Waals surface area contributed by atoms with E-state index in [2.05, 4.69) is 17.1 Å². The van der Waals surface area contributed by atoms with Gasteiger partial charge in [-0.05, 0) is 38.1 Å². The monoisotopic (exact) mass is 257 g/mol. The van der Waals surface area contributed by atoms with Crippen LogP contribution in [0.3, 0.4) is 0 Å². The topological polar surface area (TPSA) is 21.3 Å². The number of hydrogen-bond donors (Lipinski definition) is 1. The summed E-state index contributed by atoms with van der Waals surface area (Å²) in [5.74, 6) is 2.24. The zero-order chi connectivity index (χ0) is 11.8. The summed E-state index contributed by atoms with van der Waals surface area (Å²) in [7, 11) is 0. The molecule has 1 saturated heterocycles. The molecule has 0 aromatic carbocycles. The third kappa shape index (κ3) is 5.62. The average Bonchev–Trinajstić information content (AvgIpc) is 2.41. The van der Waals surface area contributed by atoms with Crippen molar-refractivity contribution in [3.05, 3.63) is 0 Å². The van der Waals surface area contributed by atoms with Crippen LogP contribution in [0.25, 0.3) is 0 Å². The molecule has 0 spiro atoms. The molecule has 0 amide bonds. The van der Waals surface area contributed by atoms with Gasteiger partial charge in [0.05, 0.1) is 0 Å². The van der Waals surface area contributed by atoms with Gasteiger partial charge in [-0.1, -0.05) is 19.3 Å². The quantitative estimate of drug-likeness (QED) is 0.739. The van der Waals surface area contributed by atoms with Gasteiger partial charge in [0.1, 0.15) is 0 Å². The molecule has 2 rings (SSSR count). The molecule has 1 aliphatic carbocycles. The van der Waals surface area contributed by atoms with E-state index in [0.717, 1.165) is 24.4 Å². The van der Waals surface area contributed by atoms with Crippen LogP contribution in [0, 0.1) is 5.92 Å². The molecule has 0 aromatic rings. The molecule has 2 aliphatic rings. The maximum absolute atomic E-state index is 5.38. The molecule has 100 valence electrons. The van der Waals surface area contributed by atoms with Gasteiger partial charge in [-0.15, -0.1) is 0 Å². The maximum atomic E-state index is 5.38. The van der Waals surface area contributed by atoms with Crippen LogP contribution < -0.4 is 5.32 Å². The summed E-state index contributed by atoms with van der Waals surface area (Å²) in [4.78, 5) is 0. The Bertz CT molecular complexity index is 169. The molecule has 1 aliphatic heterocycles. The molecule has 2 nitrogen and oxygen atoms in total. The molecule has 1 saturated carbocycles. The van der Waals surface area contributed by atoms with Gasteiger partial charge in [-0.3, -0.25) is 0 Å². The van der Waals surface area contributed by atoms with Gasteiger partial charge in [0, 0.05) is 30.8 Å². The molecule has 0 atom stereocenters. The lowest BCUT2D eigenvalue weighted by molar-refractivity contribution is 0.100. The van der Waals surface area contributed by atoms with Crippen LogP contribution in [-0.4, -0.2) is 37.3 Å². The Labute approximate surface area is 110 Å². The summed E-state index contributed by atoms with van der Waals surface area (Å²) >= 11 is 2.14. The Morgan fingerprint density at radius 1 is 1.00 bits per heavy atom. The van der Waals surface area contributed by atoms with Gasteiger partial charge in [-0.25, -0.2) is 0 Å².